The Morgan fingerprint density at radius 2 is 2.15 bits per heavy atom. The van der Waals surface area contributed by atoms with Gasteiger partial charge in [-0.3, -0.25) is 4.57 Å². The van der Waals surface area contributed by atoms with Crippen LogP contribution in [0.4, 0.5) is 10.3 Å². The Bertz CT molecular complexity index is 804. The number of rotatable bonds is 2. The normalized spacial score (nSPS) is 10.9. The predicted octanol–water partition coefficient (Wildman–Crippen LogP) is 2.15. The zero-order chi connectivity index (χ0) is 14.3. The summed E-state index contributed by atoms with van der Waals surface area (Å²) in [5, 5.41) is 0. The summed E-state index contributed by atoms with van der Waals surface area (Å²) in [6.07, 6.45) is 1.37. The molecule has 0 aliphatic carbocycles. The Morgan fingerprint density at radius 3 is 2.85 bits per heavy atom. The van der Waals surface area contributed by atoms with Gasteiger partial charge >= 0.3 is 0 Å². The summed E-state index contributed by atoms with van der Waals surface area (Å²) in [4.78, 5) is 12.4. The molecule has 1 aromatic carbocycles. The second-order valence-corrected chi connectivity index (χ2v) is 5.12. The summed E-state index contributed by atoms with van der Waals surface area (Å²) >= 11 is 2.04. The molecule has 8 heteroatoms. The van der Waals surface area contributed by atoms with Crippen LogP contribution in [-0.4, -0.2) is 26.6 Å². The van der Waals surface area contributed by atoms with Gasteiger partial charge in [-0.25, -0.2) is 14.4 Å². The smallest absolute Gasteiger partial charge is 0.245 e. The Hall–Kier alpha value is -1.97. The van der Waals surface area contributed by atoms with E-state index in [1.54, 1.807) is 10.6 Å². The summed E-state index contributed by atoms with van der Waals surface area (Å²) in [5.41, 5.74) is 7.63. The van der Waals surface area contributed by atoms with Gasteiger partial charge in [0.25, 0.3) is 0 Å². The molecule has 20 heavy (non-hydrogen) atoms. The van der Waals surface area contributed by atoms with Gasteiger partial charge in [0.2, 0.25) is 11.8 Å². The highest BCUT2D eigenvalue weighted by Crippen LogP contribution is 2.28. The summed E-state index contributed by atoms with van der Waals surface area (Å²) in [7, 11) is 1.50. The number of halogens is 2. The lowest BCUT2D eigenvalue weighted by Crippen LogP contribution is -2.03. The summed E-state index contributed by atoms with van der Waals surface area (Å²) in [5.74, 6) is 0.272. The van der Waals surface area contributed by atoms with Crippen molar-refractivity contribution >= 4 is 39.7 Å². The molecule has 0 saturated carbocycles. The Labute approximate surface area is 126 Å². The van der Waals surface area contributed by atoms with Crippen molar-refractivity contribution in [2.24, 2.45) is 0 Å². The highest BCUT2D eigenvalue weighted by Gasteiger charge is 2.17. The van der Waals surface area contributed by atoms with Gasteiger partial charge in [0.05, 0.1) is 12.8 Å². The number of hydrogen-bond donors (Lipinski definition) is 1. The first-order valence-corrected chi connectivity index (χ1v) is 6.68. The maximum atomic E-state index is 13.2. The van der Waals surface area contributed by atoms with Crippen LogP contribution in [0.5, 0.6) is 5.88 Å². The van der Waals surface area contributed by atoms with E-state index >= 15 is 0 Å². The highest BCUT2D eigenvalue weighted by atomic mass is 127. The van der Waals surface area contributed by atoms with Crippen LogP contribution in [0.15, 0.2) is 24.5 Å². The molecule has 0 amide bonds. The first-order chi connectivity index (χ1) is 9.61. The van der Waals surface area contributed by atoms with Crippen LogP contribution in [0.1, 0.15) is 0 Å². The number of fused-ring (bicyclic) bond motifs is 1. The Morgan fingerprint density at radius 1 is 1.35 bits per heavy atom. The van der Waals surface area contributed by atoms with Crippen molar-refractivity contribution in [3.05, 3.63) is 33.9 Å². The fourth-order valence-corrected chi connectivity index (χ4v) is 2.66. The van der Waals surface area contributed by atoms with Gasteiger partial charge in [-0.15, -0.1) is 0 Å². The topological polar surface area (TPSA) is 78.8 Å². The molecule has 6 nitrogen and oxygen atoms in total. The monoisotopic (exact) mass is 385 g/mol. The van der Waals surface area contributed by atoms with Gasteiger partial charge in [0.15, 0.2) is 11.2 Å². The summed E-state index contributed by atoms with van der Waals surface area (Å²) in [6.45, 7) is 0. The van der Waals surface area contributed by atoms with Crippen molar-refractivity contribution in [1.82, 2.24) is 19.5 Å². The van der Waals surface area contributed by atoms with Gasteiger partial charge in [0.1, 0.15) is 12.1 Å². The van der Waals surface area contributed by atoms with Crippen molar-refractivity contribution in [2.45, 2.75) is 0 Å². The number of anilines is 1. The van der Waals surface area contributed by atoms with Gasteiger partial charge < -0.3 is 10.5 Å². The van der Waals surface area contributed by atoms with Crippen molar-refractivity contribution in [3.63, 3.8) is 0 Å². The second-order valence-electron chi connectivity index (χ2n) is 3.96. The minimum Gasteiger partial charge on any atom is -0.479 e. The van der Waals surface area contributed by atoms with E-state index in [-0.39, 0.29) is 11.8 Å². The van der Waals surface area contributed by atoms with E-state index in [9.17, 15) is 4.39 Å². The fraction of sp³-hybridized carbons (Fsp3) is 0.0833. The molecule has 0 spiro atoms. The van der Waals surface area contributed by atoms with Crippen LogP contribution in [0.25, 0.3) is 16.9 Å². The molecule has 0 bridgehead atoms. The van der Waals surface area contributed by atoms with E-state index in [1.165, 1.54) is 25.6 Å². The van der Waals surface area contributed by atoms with Crippen molar-refractivity contribution in [1.29, 1.82) is 0 Å². The molecule has 0 unspecified atom stereocenters. The molecule has 0 aliphatic heterocycles. The Kier molecular flexibility index (Phi) is 3.16. The average molecular weight is 385 g/mol. The van der Waals surface area contributed by atoms with Gasteiger partial charge in [0, 0.05) is 3.57 Å². The van der Waals surface area contributed by atoms with Gasteiger partial charge in [-0.05, 0) is 40.8 Å². The van der Waals surface area contributed by atoms with Gasteiger partial charge in [-0.2, -0.15) is 4.98 Å². The fourth-order valence-electron chi connectivity index (χ4n) is 1.94. The molecular formula is C12H9FIN5O. The standard InChI is InChI=1S/C12H9FIN5O/c1-20-11-9-10(16-5-17-11)19(12(15)18-9)8-3-2-6(13)4-7(8)14/h2-5H,1H3,(H2,15,18). The lowest BCUT2D eigenvalue weighted by Gasteiger charge is -2.08. The molecular weight excluding hydrogens is 376 g/mol. The molecule has 0 saturated heterocycles. The van der Waals surface area contributed by atoms with Crippen LogP contribution < -0.4 is 10.5 Å². The third-order valence-corrected chi connectivity index (χ3v) is 3.64. The average Bonchev–Trinajstić information content (AvgIpc) is 2.75. The number of ether oxygens (including phenoxy) is 1. The summed E-state index contributed by atoms with van der Waals surface area (Å²) < 4.78 is 20.7. The van der Waals surface area contributed by atoms with Crippen LogP contribution in [0.3, 0.4) is 0 Å². The van der Waals surface area contributed by atoms with E-state index in [1.807, 2.05) is 22.6 Å². The van der Waals surface area contributed by atoms with Crippen LogP contribution >= 0.6 is 22.6 Å². The number of nitrogen functional groups attached to an aromatic ring is 1. The van der Waals surface area contributed by atoms with Crippen LogP contribution in [0, 0.1) is 9.39 Å². The SMILES string of the molecule is COc1ncnc2c1nc(N)n2-c1ccc(F)cc1I. The minimum atomic E-state index is -0.312. The largest absolute Gasteiger partial charge is 0.479 e. The number of nitrogens with two attached hydrogens (primary N) is 1. The second kappa shape index (κ2) is 4.85. The lowest BCUT2D eigenvalue weighted by molar-refractivity contribution is 0.401. The van der Waals surface area contributed by atoms with E-state index in [0.717, 1.165) is 0 Å². The maximum absolute atomic E-state index is 13.2. The first-order valence-electron chi connectivity index (χ1n) is 5.60. The van der Waals surface area contributed by atoms with E-state index in [0.29, 0.717) is 26.3 Å². The minimum absolute atomic E-state index is 0.239. The number of aromatic nitrogens is 4. The lowest BCUT2D eigenvalue weighted by atomic mass is 10.3. The molecule has 3 rings (SSSR count). The molecule has 0 atom stereocenters. The third kappa shape index (κ3) is 1.96. The Balaban J connectivity index is 2.34. The molecule has 102 valence electrons. The first kappa shape index (κ1) is 13.0. The van der Waals surface area contributed by atoms with E-state index in [4.69, 9.17) is 10.5 Å². The number of benzene rings is 1. The highest BCUT2D eigenvalue weighted by molar-refractivity contribution is 14.1. The van der Waals surface area contributed by atoms with E-state index in [2.05, 4.69) is 15.0 Å². The van der Waals surface area contributed by atoms with Crippen molar-refractivity contribution in [3.8, 4) is 11.6 Å². The molecule has 0 radical (unpaired) electrons. The molecule has 0 aliphatic rings. The number of hydrogen-bond acceptors (Lipinski definition) is 5. The van der Waals surface area contributed by atoms with E-state index < -0.39 is 0 Å². The van der Waals surface area contributed by atoms with Crippen molar-refractivity contribution < 1.29 is 9.13 Å². The molecule has 0 fully saturated rings. The number of methoxy groups -OCH3 is 1. The third-order valence-electron chi connectivity index (χ3n) is 2.78. The molecule has 2 N–H and O–H groups in total. The molecule has 2 aromatic heterocycles. The quantitative estimate of drug-likeness (QED) is 0.684. The number of imidazole rings is 1. The summed E-state index contributed by atoms with van der Waals surface area (Å²) in [6, 6.07) is 4.41. The maximum Gasteiger partial charge on any atom is 0.245 e. The van der Waals surface area contributed by atoms with Crippen LogP contribution in [-0.2, 0) is 0 Å². The zero-order valence-electron chi connectivity index (χ0n) is 10.3. The predicted molar refractivity (Wildman–Crippen MR) is 80.3 cm³/mol. The van der Waals surface area contributed by atoms with Gasteiger partial charge in [-0.1, -0.05) is 0 Å². The number of nitrogens with zero attached hydrogens (tertiary/aromatic N) is 4. The molecule has 2 heterocycles. The van der Waals surface area contributed by atoms with Crippen molar-refractivity contribution in [2.75, 3.05) is 12.8 Å². The zero-order valence-corrected chi connectivity index (χ0v) is 12.5. The molecule has 3 aromatic rings. The van der Waals surface area contributed by atoms with Crippen LogP contribution in [0.2, 0.25) is 0 Å².